The molecule has 1 rings (SSSR count). The van der Waals surface area contributed by atoms with E-state index in [4.69, 9.17) is 5.11 Å². The molecule has 0 bridgehead atoms. The normalized spacial score (nSPS) is 9.91. The van der Waals surface area contributed by atoms with Crippen molar-refractivity contribution in [3.05, 3.63) is 43.2 Å². The van der Waals surface area contributed by atoms with Gasteiger partial charge in [-0.05, 0) is 30.5 Å². The van der Waals surface area contributed by atoms with E-state index >= 15 is 0 Å². The molecule has 0 spiro atoms. The van der Waals surface area contributed by atoms with Gasteiger partial charge in [0.1, 0.15) is 5.75 Å². The quantitative estimate of drug-likeness (QED) is 0.698. The molecule has 1 N–H and O–H groups in total. The van der Waals surface area contributed by atoms with Crippen LogP contribution in [0.2, 0.25) is 0 Å². The predicted molar refractivity (Wildman–Crippen MR) is 46.1 cm³/mol. The summed E-state index contributed by atoms with van der Waals surface area (Å²) in [5, 5.41) is 8.96. The third-order valence-corrected chi connectivity index (χ3v) is 1.48. The summed E-state index contributed by atoms with van der Waals surface area (Å²) >= 11 is 0. The maximum absolute atomic E-state index is 8.96. The molecule has 2 radical (unpaired) electrons. The third kappa shape index (κ3) is 2.62. The molecule has 58 valence electrons. The minimum atomic E-state index is 0.316. The fourth-order valence-corrected chi connectivity index (χ4v) is 0.879. The van der Waals surface area contributed by atoms with Crippen LogP contribution < -0.4 is 0 Å². The van der Waals surface area contributed by atoms with E-state index in [1.54, 1.807) is 12.1 Å². The van der Waals surface area contributed by atoms with Gasteiger partial charge in [0, 0.05) is 0 Å². The van der Waals surface area contributed by atoms with Crippen LogP contribution in [0.1, 0.15) is 18.4 Å². The lowest BCUT2D eigenvalue weighted by molar-refractivity contribution is 0.475. The molecule has 1 aromatic carbocycles. The molecule has 1 nitrogen and oxygen atoms in total. The SMILES string of the molecule is [CH2]CC[CH]c1ccc(O)cc1. The summed E-state index contributed by atoms with van der Waals surface area (Å²) in [6.45, 7) is 3.74. The van der Waals surface area contributed by atoms with Crippen molar-refractivity contribution >= 4 is 0 Å². The van der Waals surface area contributed by atoms with Crippen molar-refractivity contribution < 1.29 is 5.11 Å². The number of unbranched alkanes of at least 4 members (excludes halogenated alkanes) is 1. The van der Waals surface area contributed by atoms with Crippen LogP contribution in [-0.2, 0) is 0 Å². The zero-order valence-corrected chi connectivity index (χ0v) is 6.46. The summed E-state index contributed by atoms with van der Waals surface area (Å²) in [4.78, 5) is 0. The fourth-order valence-electron chi connectivity index (χ4n) is 0.879. The van der Waals surface area contributed by atoms with Crippen molar-refractivity contribution in [2.75, 3.05) is 0 Å². The second-order valence-electron chi connectivity index (χ2n) is 2.44. The molecule has 0 aliphatic carbocycles. The molecule has 1 aromatic rings. The highest BCUT2D eigenvalue weighted by atomic mass is 16.3. The van der Waals surface area contributed by atoms with Crippen molar-refractivity contribution in [3.8, 4) is 5.75 Å². The Morgan fingerprint density at radius 2 is 1.91 bits per heavy atom. The highest BCUT2D eigenvalue weighted by molar-refractivity contribution is 5.29. The summed E-state index contributed by atoms with van der Waals surface area (Å²) in [7, 11) is 0. The van der Waals surface area contributed by atoms with Gasteiger partial charge in [0.05, 0.1) is 0 Å². The summed E-state index contributed by atoms with van der Waals surface area (Å²) in [6.07, 6.45) is 4.01. The Bertz CT molecular complexity index is 201. The molecular weight excluding hydrogens is 136 g/mol. The number of aromatic hydroxyl groups is 1. The number of rotatable bonds is 3. The molecule has 11 heavy (non-hydrogen) atoms. The van der Waals surface area contributed by atoms with E-state index in [1.807, 2.05) is 12.1 Å². The molecule has 0 amide bonds. The lowest BCUT2D eigenvalue weighted by Crippen LogP contribution is -1.79. The molecule has 0 atom stereocenters. The van der Waals surface area contributed by atoms with Crippen LogP contribution in [0.25, 0.3) is 0 Å². The van der Waals surface area contributed by atoms with E-state index in [0.717, 1.165) is 18.4 Å². The van der Waals surface area contributed by atoms with E-state index in [-0.39, 0.29) is 0 Å². The first-order valence-electron chi connectivity index (χ1n) is 3.74. The topological polar surface area (TPSA) is 20.2 Å². The largest absolute Gasteiger partial charge is 0.508 e. The van der Waals surface area contributed by atoms with Gasteiger partial charge < -0.3 is 5.11 Å². The molecule has 0 unspecified atom stereocenters. The molecule has 0 fully saturated rings. The number of phenolic OH excluding ortho intramolecular Hbond substituents is 1. The van der Waals surface area contributed by atoms with Gasteiger partial charge in [-0.1, -0.05) is 25.5 Å². The van der Waals surface area contributed by atoms with Crippen LogP contribution >= 0.6 is 0 Å². The second kappa shape index (κ2) is 4.02. The van der Waals surface area contributed by atoms with Gasteiger partial charge in [-0.25, -0.2) is 0 Å². The van der Waals surface area contributed by atoms with Crippen LogP contribution in [0.3, 0.4) is 0 Å². The van der Waals surface area contributed by atoms with Gasteiger partial charge in [-0.15, -0.1) is 0 Å². The zero-order chi connectivity index (χ0) is 8.10. The molecular formula is C10H12O. The van der Waals surface area contributed by atoms with E-state index in [2.05, 4.69) is 13.3 Å². The monoisotopic (exact) mass is 148 g/mol. The van der Waals surface area contributed by atoms with Gasteiger partial charge in [-0.2, -0.15) is 0 Å². The molecule has 0 heterocycles. The predicted octanol–water partition coefficient (Wildman–Crippen LogP) is 2.56. The minimum Gasteiger partial charge on any atom is -0.508 e. The maximum atomic E-state index is 8.96. The van der Waals surface area contributed by atoms with Crippen LogP contribution in [0, 0.1) is 13.3 Å². The Labute approximate surface area is 67.7 Å². The summed E-state index contributed by atoms with van der Waals surface area (Å²) in [5.74, 6) is 0.316. The minimum absolute atomic E-state index is 0.316. The van der Waals surface area contributed by atoms with Crippen LogP contribution in [0.15, 0.2) is 24.3 Å². The van der Waals surface area contributed by atoms with E-state index in [0.29, 0.717) is 5.75 Å². The van der Waals surface area contributed by atoms with Crippen molar-refractivity contribution in [2.24, 2.45) is 0 Å². The second-order valence-corrected chi connectivity index (χ2v) is 2.44. The van der Waals surface area contributed by atoms with Crippen molar-refractivity contribution in [1.29, 1.82) is 0 Å². The van der Waals surface area contributed by atoms with E-state index in [9.17, 15) is 0 Å². The van der Waals surface area contributed by atoms with Gasteiger partial charge >= 0.3 is 0 Å². The van der Waals surface area contributed by atoms with Crippen molar-refractivity contribution in [2.45, 2.75) is 12.8 Å². The summed E-state index contributed by atoms with van der Waals surface area (Å²) < 4.78 is 0. The van der Waals surface area contributed by atoms with E-state index in [1.165, 1.54) is 0 Å². The van der Waals surface area contributed by atoms with Crippen LogP contribution in [-0.4, -0.2) is 5.11 Å². The smallest absolute Gasteiger partial charge is 0.115 e. The van der Waals surface area contributed by atoms with Crippen molar-refractivity contribution in [3.63, 3.8) is 0 Å². The van der Waals surface area contributed by atoms with E-state index < -0.39 is 0 Å². The fraction of sp³-hybridized carbons (Fsp3) is 0.200. The van der Waals surface area contributed by atoms with Gasteiger partial charge in [0.25, 0.3) is 0 Å². The Morgan fingerprint density at radius 1 is 1.27 bits per heavy atom. The Balaban J connectivity index is 2.52. The number of hydrogen-bond donors (Lipinski definition) is 1. The Morgan fingerprint density at radius 3 is 2.45 bits per heavy atom. The summed E-state index contributed by atoms with van der Waals surface area (Å²) in [6, 6.07) is 7.17. The molecule has 0 aliphatic heterocycles. The highest BCUT2D eigenvalue weighted by Gasteiger charge is 1.91. The summed E-state index contributed by atoms with van der Waals surface area (Å²) in [5.41, 5.74) is 1.14. The maximum Gasteiger partial charge on any atom is 0.115 e. The zero-order valence-electron chi connectivity index (χ0n) is 6.46. The third-order valence-electron chi connectivity index (χ3n) is 1.48. The number of phenols is 1. The first-order valence-corrected chi connectivity index (χ1v) is 3.74. The first kappa shape index (κ1) is 8.12. The molecule has 0 aromatic heterocycles. The first-order chi connectivity index (χ1) is 5.33. The average molecular weight is 148 g/mol. The van der Waals surface area contributed by atoms with Gasteiger partial charge in [0.2, 0.25) is 0 Å². The number of hydrogen-bond acceptors (Lipinski definition) is 1. The van der Waals surface area contributed by atoms with Gasteiger partial charge in [0.15, 0.2) is 0 Å². The highest BCUT2D eigenvalue weighted by Crippen LogP contribution is 2.12. The van der Waals surface area contributed by atoms with Crippen LogP contribution in [0.5, 0.6) is 5.75 Å². The molecule has 0 saturated carbocycles. The lowest BCUT2D eigenvalue weighted by atomic mass is 10.1. The standard InChI is InChI=1S/C10H12O/c1-2-3-4-9-5-7-10(11)8-6-9/h4-8,11H,1-3H2. The van der Waals surface area contributed by atoms with Crippen LogP contribution in [0.4, 0.5) is 0 Å². The molecule has 1 heteroatoms. The van der Waals surface area contributed by atoms with Crippen molar-refractivity contribution in [1.82, 2.24) is 0 Å². The van der Waals surface area contributed by atoms with Gasteiger partial charge in [-0.3, -0.25) is 0 Å². The molecule has 0 aliphatic rings. The average Bonchev–Trinajstić information content (AvgIpc) is 2.04. The Kier molecular flexibility index (Phi) is 2.96. The molecule has 0 saturated heterocycles. The Hall–Kier alpha value is -0.980. The lowest BCUT2D eigenvalue weighted by Gasteiger charge is -1.97. The number of benzene rings is 1.